The van der Waals surface area contributed by atoms with Crippen molar-refractivity contribution in [2.75, 3.05) is 0 Å². The molecule has 2 aromatic rings. The molecular formula is C16H14F3S+. The summed E-state index contributed by atoms with van der Waals surface area (Å²) in [5.74, 6) is 0.228. The van der Waals surface area contributed by atoms with Gasteiger partial charge in [-0.1, -0.05) is 26.0 Å². The summed E-state index contributed by atoms with van der Waals surface area (Å²) in [6.45, 7) is 3.99. The average Bonchev–Trinajstić information content (AvgIpc) is 2.63. The van der Waals surface area contributed by atoms with Gasteiger partial charge in [-0.15, -0.1) is 13.2 Å². The molecule has 0 spiro atoms. The Balaban J connectivity index is 2.29. The highest BCUT2D eigenvalue weighted by Gasteiger charge is 2.48. The van der Waals surface area contributed by atoms with Crippen LogP contribution >= 0.6 is 10.5 Å². The SMILES string of the molecule is CC(C)c1ccc2cc(C3=CC=C3)[s+](C(F)(F)F)c2c1. The fraction of sp³-hybridized carbons (Fsp3) is 0.250. The average molecular weight is 295 g/mol. The van der Waals surface area contributed by atoms with Crippen molar-refractivity contribution in [1.29, 1.82) is 0 Å². The number of hydrogen-bond donors (Lipinski definition) is 0. The summed E-state index contributed by atoms with van der Waals surface area (Å²) in [6, 6.07) is 7.15. The number of fused-ring (bicyclic) bond motifs is 1. The molecule has 0 aliphatic heterocycles. The van der Waals surface area contributed by atoms with E-state index >= 15 is 0 Å². The smallest absolute Gasteiger partial charge is 0.118 e. The molecule has 20 heavy (non-hydrogen) atoms. The van der Waals surface area contributed by atoms with Crippen LogP contribution in [0.2, 0.25) is 0 Å². The molecule has 0 fully saturated rings. The lowest BCUT2D eigenvalue weighted by atomic mass is 10.0. The van der Waals surface area contributed by atoms with Crippen molar-refractivity contribution in [3.05, 3.63) is 52.9 Å². The number of allylic oxidation sites excluding steroid dienone is 4. The number of halogens is 3. The minimum absolute atomic E-state index is 0.228. The summed E-state index contributed by atoms with van der Waals surface area (Å²) in [6.07, 6.45) is 5.26. The van der Waals surface area contributed by atoms with Gasteiger partial charge >= 0.3 is 5.51 Å². The summed E-state index contributed by atoms with van der Waals surface area (Å²) in [4.78, 5) is 0.399. The molecule has 0 N–H and O–H groups in total. The quantitative estimate of drug-likeness (QED) is 0.584. The van der Waals surface area contributed by atoms with Crippen molar-refractivity contribution in [3.63, 3.8) is 0 Å². The van der Waals surface area contributed by atoms with E-state index in [-0.39, 0.29) is 5.92 Å². The van der Waals surface area contributed by atoms with Crippen molar-refractivity contribution in [2.45, 2.75) is 25.3 Å². The lowest BCUT2D eigenvalue weighted by Crippen LogP contribution is -1.98. The van der Waals surface area contributed by atoms with Gasteiger partial charge in [-0.05, 0) is 29.7 Å². The Kier molecular flexibility index (Phi) is 3.01. The van der Waals surface area contributed by atoms with Crippen LogP contribution in [0.5, 0.6) is 0 Å². The van der Waals surface area contributed by atoms with E-state index in [1.54, 1.807) is 30.4 Å². The zero-order valence-electron chi connectivity index (χ0n) is 11.2. The fourth-order valence-corrected chi connectivity index (χ4v) is 4.30. The van der Waals surface area contributed by atoms with Crippen molar-refractivity contribution < 1.29 is 13.2 Å². The molecule has 1 heterocycles. The van der Waals surface area contributed by atoms with Gasteiger partial charge in [0.25, 0.3) is 0 Å². The number of alkyl halides is 3. The van der Waals surface area contributed by atoms with Gasteiger partial charge in [0.2, 0.25) is 0 Å². The molecule has 1 aromatic carbocycles. The summed E-state index contributed by atoms with van der Waals surface area (Å²) in [5.41, 5.74) is -2.57. The van der Waals surface area contributed by atoms with E-state index in [1.165, 1.54) is 0 Å². The van der Waals surface area contributed by atoms with Crippen LogP contribution in [0, 0.1) is 0 Å². The summed E-state index contributed by atoms with van der Waals surface area (Å²) < 4.78 is 40.8. The van der Waals surface area contributed by atoms with E-state index in [9.17, 15) is 13.2 Å². The molecule has 4 heteroatoms. The number of benzene rings is 1. The number of thiophene rings is 1. The van der Waals surface area contributed by atoms with Crippen molar-refractivity contribution in [3.8, 4) is 0 Å². The number of rotatable bonds is 2. The van der Waals surface area contributed by atoms with Gasteiger partial charge in [0.1, 0.15) is 10.5 Å². The Labute approximate surface area is 118 Å². The first kappa shape index (κ1) is 13.4. The highest BCUT2D eigenvalue weighted by atomic mass is 32.2. The number of hydrogen-bond acceptors (Lipinski definition) is 0. The molecule has 0 nitrogen and oxygen atoms in total. The van der Waals surface area contributed by atoms with E-state index in [0.29, 0.717) is 20.5 Å². The molecule has 1 aliphatic rings. The van der Waals surface area contributed by atoms with Crippen LogP contribution < -0.4 is 0 Å². The third-order valence-corrected chi connectivity index (χ3v) is 5.55. The first-order valence-electron chi connectivity index (χ1n) is 6.43. The van der Waals surface area contributed by atoms with Gasteiger partial charge in [-0.25, -0.2) is 0 Å². The predicted octanol–water partition coefficient (Wildman–Crippen LogP) is 6.14. The van der Waals surface area contributed by atoms with E-state index in [0.717, 1.165) is 5.56 Å². The van der Waals surface area contributed by atoms with Crippen LogP contribution in [0.1, 0.15) is 30.2 Å². The Hall–Kier alpha value is -1.55. The van der Waals surface area contributed by atoms with Crippen LogP contribution in [-0.4, -0.2) is 0 Å². The van der Waals surface area contributed by atoms with Gasteiger partial charge in [0.05, 0.1) is 0 Å². The third kappa shape index (κ3) is 2.08. The minimum Gasteiger partial charge on any atom is -0.118 e. The Morgan fingerprint density at radius 1 is 1.10 bits per heavy atom. The zero-order chi connectivity index (χ0) is 14.5. The molecule has 3 rings (SSSR count). The fourth-order valence-electron chi connectivity index (χ4n) is 2.33. The Morgan fingerprint density at radius 3 is 2.30 bits per heavy atom. The molecule has 104 valence electrons. The van der Waals surface area contributed by atoms with Crippen LogP contribution in [0.4, 0.5) is 13.2 Å². The summed E-state index contributed by atoms with van der Waals surface area (Å²) in [5, 5.41) is 0.700. The lowest BCUT2D eigenvalue weighted by Gasteiger charge is -2.05. The second kappa shape index (κ2) is 4.48. The molecule has 0 saturated carbocycles. The van der Waals surface area contributed by atoms with Gasteiger partial charge < -0.3 is 0 Å². The maximum atomic E-state index is 13.5. The molecule has 0 radical (unpaired) electrons. The lowest BCUT2D eigenvalue weighted by molar-refractivity contribution is -0.0866. The van der Waals surface area contributed by atoms with Crippen LogP contribution in [0.15, 0.2) is 42.5 Å². The molecule has 0 saturated heterocycles. The van der Waals surface area contributed by atoms with Gasteiger partial charge in [-0.3, -0.25) is 0 Å². The monoisotopic (exact) mass is 295 g/mol. The molecule has 1 unspecified atom stereocenters. The van der Waals surface area contributed by atoms with Gasteiger partial charge in [0, 0.05) is 23.1 Å². The Morgan fingerprint density at radius 2 is 1.80 bits per heavy atom. The summed E-state index contributed by atoms with van der Waals surface area (Å²) >= 11 is 0. The predicted molar refractivity (Wildman–Crippen MR) is 78.9 cm³/mol. The van der Waals surface area contributed by atoms with E-state index in [2.05, 4.69) is 0 Å². The maximum absolute atomic E-state index is 13.5. The molecule has 0 amide bonds. The highest BCUT2D eigenvalue weighted by molar-refractivity contribution is 7.39. The van der Waals surface area contributed by atoms with E-state index in [4.69, 9.17) is 0 Å². The van der Waals surface area contributed by atoms with Gasteiger partial charge in [0.15, 0.2) is 9.58 Å². The highest BCUT2D eigenvalue weighted by Crippen LogP contribution is 2.54. The molecule has 1 atom stereocenters. The first-order valence-corrected chi connectivity index (χ1v) is 7.66. The molecule has 1 aliphatic carbocycles. The standard InChI is InChI=1S/C16H14F3S/c1-10(2)12-6-7-13-9-14(11-4-3-5-11)20(15(13)8-12)16(17,18)19/h3-10H,1-2H3/q+1. The van der Waals surface area contributed by atoms with Crippen LogP contribution in [-0.2, 0) is 5.51 Å². The molecular weight excluding hydrogens is 281 g/mol. The zero-order valence-corrected chi connectivity index (χ0v) is 12.0. The van der Waals surface area contributed by atoms with Crippen molar-refractivity contribution >= 4 is 26.1 Å². The minimum atomic E-state index is -4.23. The second-order valence-corrected chi connectivity index (χ2v) is 7.15. The van der Waals surface area contributed by atoms with Crippen LogP contribution in [0.25, 0.3) is 15.7 Å². The normalized spacial score (nSPS) is 15.7. The summed E-state index contributed by atoms with van der Waals surface area (Å²) in [7, 11) is -1.82. The largest absolute Gasteiger partial charge is 0.601 e. The van der Waals surface area contributed by atoms with Gasteiger partial charge in [-0.2, -0.15) is 0 Å². The second-order valence-electron chi connectivity index (χ2n) is 5.19. The Bertz CT molecular complexity index is 730. The topological polar surface area (TPSA) is 0 Å². The van der Waals surface area contributed by atoms with Crippen molar-refractivity contribution in [1.82, 2.24) is 0 Å². The first-order chi connectivity index (χ1) is 9.38. The maximum Gasteiger partial charge on any atom is 0.601 e. The van der Waals surface area contributed by atoms with E-state index < -0.39 is 16.0 Å². The van der Waals surface area contributed by atoms with Crippen molar-refractivity contribution in [2.24, 2.45) is 0 Å². The molecule has 1 aromatic heterocycles. The van der Waals surface area contributed by atoms with E-state index in [1.807, 2.05) is 26.0 Å². The molecule has 0 bridgehead atoms. The van der Waals surface area contributed by atoms with Crippen LogP contribution in [0.3, 0.4) is 0 Å². The third-order valence-electron chi connectivity index (χ3n) is 3.50.